The molecule has 0 unspecified atom stereocenters. The number of hydrogen-bond donors (Lipinski definition) is 2. The van der Waals surface area contributed by atoms with E-state index in [1.807, 2.05) is 24.3 Å². The molecule has 0 fully saturated rings. The lowest BCUT2D eigenvalue weighted by Gasteiger charge is -2.06. The molecule has 84 valence electrons. The Labute approximate surface area is 99.0 Å². The summed E-state index contributed by atoms with van der Waals surface area (Å²) in [6.45, 7) is 4.15. The van der Waals surface area contributed by atoms with E-state index in [0.717, 1.165) is 22.2 Å². The number of aromatic nitrogens is 3. The summed E-state index contributed by atoms with van der Waals surface area (Å²) in [5, 5.41) is 14.7. The van der Waals surface area contributed by atoms with Crippen LogP contribution in [0.5, 0.6) is 0 Å². The monoisotopic (exact) mass is 236 g/mol. The molecule has 2 aromatic rings. The normalized spacial score (nSPS) is 10.8. The van der Waals surface area contributed by atoms with E-state index in [1.165, 1.54) is 0 Å². The first-order valence-electron chi connectivity index (χ1n) is 5.10. The van der Waals surface area contributed by atoms with Crippen molar-refractivity contribution in [1.82, 2.24) is 15.4 Å². The molecule has 0 amide bonds. The predicted molar refractivity (Wildman–Crippen MR) is 65.2 cm³/mol. The lowest BCUT2D eigenvalue weighted by molar-refractivity contribution is 0.805. The molecule has 2 rings (SSSR count). The molecular formula is C11H13ClN4. The standard InChI is InChI=1S/C11H13ClN4/c1-7(2)10-11(15-16-14-10)13-9-5-3-8(12)4-6-9/h3-7H,1-2H3,(H2,13,14,15,16). The van der Waals surface area contributed by atoms with Gasteiger partial charge in [-0.25, -0.2) is 0 Å². The number of hydrogen-bond acceptors (Lipinski definition) is 3. The summed E-state index contributed by atoms with van der Waals surface area (Å²) in [7, 11) is 0. The van der Waals surface area contributed by atoms with Gasteiger partial charge in [-0.1, -0.05) is 25.4 Å². The number of nitrogens with one attached hydrogen (secondary N) is 2. The van der Waals surface area contributed by atoms with Crippen LogP contribution in [-0.2, 0) is 0 Å². The van der Waals surface area contributed by atoms with Crippen LogP contribution in [0.4, 0.5) is 11.5 Å². The molecule has 0 spiro atoms. The molecule has 1 heterocycles. The van der Waals surface area contributed by atoms with Crippen molar-refractivity contribution in [3.8, 4) is 0 Å². The summed E-state index contributed by atoms with van der Waals surface area (Å²) < 4.78 is 0. The summed E-state index contributed by atoms with van der Waals surface area (Å²) in [6.07, 6.45) is 0. The van der Waals surface area contributed by atoms with Gasteiger partial charge in [-0.05, 0) is 24.3 Å². The predicted octanol–water partition coefficient (Wildman–Crippen LogP) is 3.33. The van der Waals surface area contributed by atoms with Crippen LogP contribution in [0, 0.1) is 0 Å². The highest BCUT2D eigenvalue weighted by atomic mass is 35.5. The van der Waals surface area contributed by atoms with Crippen LogP contribution in [0.1, 0.15) is 25.5 Å². The molecule has 0 bridgehead atoms. The van der Waals surface area contributed by atoms with Gasteiger partial charge in [0, 0.05) is 16.6 Å². The zero-order valence-corrected chi connectivity index (χ0v) is 9.92. The van der Waals surface area contributed by atoms with E-state index in [2.05, 4.69) is 34.6 Å². The fraction of sp³-hybridized carbons (Fsp3) is 0.273. The zero-order valence-electron chi connectivity index (χ0n) is 9.16. The molecule has 16 heavy (non-hydrogen) atoms. The van der Waals surface area contributed by atoms with Crippen molar-refractivity contribution >= 4 is 23.1 Å². The topological polar surface area (TPSA) is 53.6 Å². The number of benzene rings is 1. The van der Waals surface area contributed by atoms with Gasteiger partial charge in [0.05, 0.1) is 0 Å². The van der Waals surface area contributed by atoms with E-state index < -0.39 is 0 Å². The van der Waals surface area contributed by atoms with Crippen LogP contribution in [0.2, 0.25) is 5.02 Å². The molecule has 0 saturated heterocycles. The molecule has 0 atom stereocenters. The summed E-state index contributed by atoms with van der Waals surface area (Å²) in [6, 6.07) is 7.47. The van der Waals surface area contributed by atoms with Gasteiger partial charge < -0.3 is 5.32 Å². The molecular weight excluding hydrogens is 224 g/mol. The van der Waals surface area contributed by atoms with Gasteiger partial charge in [0.2, 0.25) is 0 Å². The van der Waals surface area contributed by atoms with Gasteiger partial charge in [-0.3, -0.25) is 0 Å². The molecule has 2 N–H and O–H groups in total. The van der Waals surface area contributed by atoms with Gasteiger partial charge in [-0.2, -0.15) is 10.3 Å². The second-order valence-electron chi connectivity index (χ2n) is 3.84. The zero-order chi connectivity index (χ0) is 11.5. The second kappa shape index (κ2) is 4.53. The fourth-order valence-electron chi connectivity index (χ4n) is 1.40. The van der Waals surface area contributed by atoms with Gasteiger partial charge in [-0.15, -0.1) is 5.10 Å². The average molecular weight is 237 g/mol. The Morgan fingerprint density at radius 2 is 1.88 bits per heavy atom. The Hall–Kier alpha value is -1.55. The maximum atomic E-state index is 5.81. The minimum atomic E-state index is 0.327. The SMILES string of the molecule is CC(C)c1n[nH]nc1Nc1ccc(Cl)cc1. The van der Waals surface area contributed by atoms with Gasteiger partial charge in [0.1, 0.15) is 5.69 Å². The van der Waals surface area contributed by atoms with E-state index in [0.29, 0.717) is 5.92 Å². The van der Waals surface area contributed by atoms with Gasteiger partial charge in [0.25, 0.3) is 0 Å². The van der Waals surface area contributed by atoms with E-state index in [9.17, 15) is 0 Å². The minimum absolute atomic E-state index is 0.327. The largest absolute Gasteiger partial charge is 0.337 e. The Bertz CT molecular complexity index is 461. The number of rotatable bonds is 3. The van der Waals surface area contributed by atoms with Crippen molar-refractivity contribution in [2.24, 2.45) is 0 Å². The molecule has 5 heteroatoms. The third-order valence-corrected chi connectivity index (χ3v) is 2.48. The highest BCUT2D eigenvalue weighted by molar-refractivity contribution is 6.30. The quantitative estimate of drug-likeness (QED) is 0.860. The molecule has 0 saturated carbocycles. The lowest BCUT2D eigenvalue weighted by Crippen LogP contribution is -1.96. The van der Waals surface area contributed by atoms with Gasteiger partial charge >= 0.3 is 0 Å². The first-order chi connectivity index (χ1) is 7.66. The van der Waals surface area contributed by atoms with Crippen LogP contribution < -0.4 is 5.32 Å². The maximum Gasteiger partial charge on any atom is 0.176 e. The number of nitrogens with zero attached hydrogens (tertiary/aromatic N) is 2. The fourth-order valence-corrected chi connectivity index (χ4v) is 1.53. The van der Waals surface area contributed by atoms with E-state index >= 15 is 0 Å². The van der Waals surface area contributed by atoms with Crippen molar-refractivity contribution in [1.29, 1.82) is 0 Å². The number of anilines is 2. The Morgan fingerprint density at radius 1 is 1.19 bits per heavy atom. The van der Waals surface area contributed by atoms with Crippen LogP contribution in [0.15, 0.2) is 24.3 Å². The Kier molecular flexibility index (Phi) is 3.10. The van der Waals surface area contributed by atoms with E-state index in [1.54, 1.807) is 0 Å². The highest BCUT2D eigenvalue weighted by Crippen LogP contribution is 2.23. The van der Waals surface area contributed by atoms with Crippen molar-refractivity contribution in [3.63, 3.8) is 0 Å². The van der Waals surface area contributed by atoms with Crippen molar-refractivity contribution in [2.75, 3.05) is 5.32 Å². The van der Waals surface area contributed by atoms with Crippen molar-refractivity contribution in [3.05, 3.63) is 35.0 Å². The summed E-state index contributed by atoms with van der Waals surface area (Å²) in [4.78, 5) is 0. The third-order valence-electron chi connectivity index (χ3n) is 2.23. The maximum absolute atomic E-state index is 5.81. The van der Waals surface area contributed by atoms with Crippen LogP contribution >= 0.6 is 11.6 Å². The number of aromatic amines is 1. The smallest absolute Gasteiger partial charge is 0.176 e. The third kappa shape index (κ3) is 2.33. The van der Waals surface area contributed by atoms with E-state index in [4.69, 9.17) is 11.6 Å². The number of halogens is 1. The molecule has 0 aliphatic rings. The molecule has 0 radical (unpaired) electrons. The minimum Gasteiger partial charge on any atom is -0.337 e. The second-order valence-corrected chi connectivity index (χ2v) is 4.28. The number of H-pyrrole nitrogens is 1. The summed E-state index contributed by atoms with van der Waals surface area (Å²) in [5.74, 6) is 1.09. The molecule has 1 aromatic heterocycles. The Morgan fingerprint density at radius 3 is 2.50 bits per heavy atom. The van der Waals surface area contributed by atoms with Gasteiger partial charge in [0.15, 0.2) is 5.82 Å². The van der Waals surface area contributed by atoms with Crippen molar-refractivity contribution in [2.45, 2.75) is 19.8 Å². The molecule has 0 aliphatic heterocycles. The molecule has 1 aromatic carbocycles. The van der Waals surface area contributed by atoms with Crippen LogP contribution in [0.25, 0.3) is 0 Å². The van der Waals surface area contributed by atoms with E-state index in [-0.39, 0.29) is 0 Å². The highest BCUT2D eigenvalue weighted by Gasteiger charge is 2.11. The van der Waals surface area contributed by atoms with Crippen molar-refractivity contribution < 1.29 is 0 Å². The summed E-state index contributed by atoms with van der Waals surface area (Å²) in [5.41, 5.74) is 1.87. The van der Waals surface area contributed by atoms with Crippen LogP contribution in [0.3, 0.4) is 0 Å². The molecule has 4 nitrogen and oxygen atoms in total. The first kappa shape index (κ1) is 11.0. The molecule has 0 aliphatic carbocycles. The summed E-state index contributed by atoms with van der Waals surface area (Å²) >= 11 is 5.81. The van der Waals surface area contributed by atoms with Crippen LogP contribution in [-0.4, -0.2) is 15.4 Å². The average Bonchev–Trinajstić information content (AvgIpc) is 2.69. The Balaban J connectivity index is 2.20. The lowest BCUT2D eigenvalue weighted by atomic mass is 10.1. The first-order valence-corrected chi connectivity index (χ1v) is 5.48.